The van der Waals surface area contributed by atoms with Gasteiger partial charge in [-0.05, 0) is 37.7 Å². The number of fused-ring (bicyclic) bond motifs is 1. The Morgan fingerprint density at radius 3 is 2.54 bits per heavy atom. The predicted octanol–water partition coefficient (Wildman–Crippen LogP) is 2.38. The number of nitrogens with zero attached hydrogens (tertiary/aromatic N) is 3. The van der Waals surface area contributed by atoms with E-state index in [9.17, 15) is 19.5 Å². The van der Waals surface area contributed by atoms with Crippen molar-refractivity contribution in [3.63, 3.8) is 0 Å². The summed E-state index contributed by atoms with van der Waals surface area (Å²) in [6.07, 6.45) is 6.24. The molecule has 37 heavy (non-hydrogen) atoms. The van der Waals surface area contributed by atoms with E-state index < -0.39 is 23.5 Å². The summed E-state index contributed by atoms with van der Waals surface area (Å²) in [5, 5.41) is 9.21. The normalized spacial score (nSPS) is 27.7. The fourth-order valence-corrected chi connectivity index (χ4v) is 6.43. The second-order valence-electron chi connectivity index (χ2n) is 10.4. The molecule has 200 valence electrons. The number of aliphatic hydroxyl groups excluding tert-OH is 1. The van der Waals surface area contributed by atoms with E-state index in [1.807, 2.05) is 30.3 Å². The molecule has 3 aliphatic heterocycles. The number of amides is 3. The molecular formula is C29H39N3O5. The lowest BCUT2D eigenvalue weighted by Crippen LogP contribution is -2.56. The molecule has 5 atom stereocenters. The Labute approximate surface area is 219 Å². The van der Waals surface area contributed by atoms with Gasteiger partial charge in [0.2, 0.25) is 17.7 Å². The SMILES string of the molecule is C=CCN(C)C(=O)[C@@H]1[C@H]2C(=O)N(CCCCCO)C(C(=O)N(CC=C)Cc3ccccc3)C23CC[C@H]1O3. The summed E-state index contributed by atoms with van der Waals surface area (Å²) in [4.78, 5) is 46.7. The maximum atomic E-state index is 14.3. The van der Waals surface area contributed by atoms with Crippen LogP contribution in [0.3, 0.4) is 0 Å². The zero-order valence-corrected chi connectivity index (χ0v) is 21.8. The molecule has 3 saturated heterocycles. The standard InChI is InChI=1S/C29H39N3O5/c1-4-16-30(3)26(34)23-22-14-15-29(37-22)24(23)27(35)32(18-10-7-11-19-33)25(29)28(36)31(17-5-2)20-21-12-8-6-9-13-21/h4-6,8-9,12-13,22-25,33H,1-2,7,10-11,14-20H2,3H3/t22-,23+,24+,25?,29?/m1/s1. The van der Waals surface area contributed by atoms with Crippen LogP contribution in [0, 0.1) is 11.8 Å². The van der Waals surface area contributed by atoms with Gasteiger partial charge < -0.3 is 24.5 Å². The Bertz CT molecular complexity index is 1010. The van der Waals surface area contributed by atoms with Gasteiger partial charge in [0.25, 0.3) is 0 Å². The number of carbonyl (C=O) groups is 3. The van der Waals surface area contributed by atoms with E-state index in [1.54, 1.807) is 33.9 Å². The molecule has 1 N–H and O–H groups in total. The van der Waals surface area contributed by atoms with Gasteiger partial charge in [0, 0.05) is 39.8 Å². The van der Waals surface area contributed by atoms with E-state index >= 15 is 0 Å². The van der Waals surface area contributed by atoms with Gasteiger partial charge in [-0.3, -0.25) is 14.4 Å². The smallest absolute Gasteiger partial charge is 0.248 e. The fourth-order valence-electron chi connectivity index (χ4n) is 6.43. The number of ether oxygens (including phenoxy) is 1. The lowest BCUT2D eigenvalue weighted by Gasteiger charge is -2.37. The largest absolute Gasteiger partial charge is 0.396 e. The highest BCUT2D eigenvalue weighted by Crippen LogP contribution is 2.59. The summed E-state index contributed by atoms with van der Waals surface area (Å²) in [5.74, 6) is -1.76. The quantitative estimate of drug-likeness (QED) is 0.326. The number of hydrogen-bond donors (Lipinski definition) is 1. The van der Waals surface area contributed by atoms with Crippen molar-refractivity contribution in [3.8, 4) is 0 Å². The number of carbonyl (C=O) groups excluding carboxylic acids is 3. The maximum absolute atomic E-state index is 14.3. The topological polar surface area (TPSA) is 90.4 Å². The van der Waals surface area contributed by atoms with Crippen molar-refractivity contribution < 1.29 is 24.2 Å². The predicted molar refractivity (Wildman–Crippen MR) is 140 cm³/mol. The summed E-state index contributed by atoms with van der Waals surface area (Å²) in [5.41, 5.74) is -0.0253. The second kappa shape index (κ2) is 11.6. The summed E-state index contributed by atoms with van der Waals surface area (Å²) in [7, 11) is 1.71. The monoisotopic (exact) mass is 509 g/mol. The van der Waals surface area contributed by atoms with Crippen LogP contribution in [0.2, 0.25) is 0 Å². The molecule has 1 aromatic rings. The third-order valence-corrected chi connectivity index (χ3v) is 8.03. The average molecular weight is 510 g/mol. The molecule has 4 rings (SSSR count). The lowest BCUT2D eigenvalue weighted by atomic mass is 9.70. The van der Waals surface area contributed by atoms with Crippen LogP contribution in [0.25, 0.3) is 0 Å². The van der Waals surface area contributed by atoms with Crippen molar-refractivity contribution in [2.45, 2.75) is 56.4 Å². The second-order valence-corrected chi connectivity index (χ2v) is 10.4. The molecule has 2 bridgehead atoms. The van der Waals surface area contributed by atoms with Crippen LogP contribution in [0.5, 0.6) is 0 Å². The number of rotatable bonds is 13. The molecule has 8 nitrogen and oxygen atoms in total. The van der Waals surface area contributed by atoms with E-state index in [-0.39, 0.29) is 30.4 Å². The summed E-state index contributed by atoms with van der Waals surface area (Å²) in [6, 6.07) is 8.95. The van der Waals surface area contributed by atoms with E-state index in [0.717, 1.165) is 12.0 Å². The van der Waals surface area contributed by atoms with Gasteiger partial charge in [0.1, 0.15) is 11.6 Å². The van der Waals surface area contributed by atoms with Crippen molar-refractivity contribution in [1.29, 1.82) is 0 Å². The summed E-state index contributed by atoms with van der Waals surface area (Å²) in [6.45, 7) is 9.17. The fraction of sp³-hybridized carbons (Fsp3) is 0.552. The molecule has 0 aliphatic carbocycles. The van der Waals surface area contributed by atoms with Crippen molar-refractivity contribution in [1.82, 2.24) is 14.7 Å². The van der Waals surface area contributed by atoms with E-state index in [2.05, 4.69) is 13.2 Å². The van der Waals surface area contributed by atoms with E-state index in [4.69, 9.17) is 4.74 Å². The summed E-state index contributed by atoms with van der Waals surface area (Å²) < 4.78 is 6.54. The Morgan fingerprint density at radius 1 is 1.14 bits per heavy atom. The van der Waals surface area contributed by atoms with Crippen LogP contribution in [0.4, 0.5) is 0 Å². The number of likely N-dealkylation sites (tertiary alicyclic amines) is 1. The third kappa shape index (κ3) is 4.97. The molecule has 1 aromatic carbocycles. The molecule has 1 spiro atoms. The molecule has 0 aromatic heterocycles. The first kappa shape index (κ1) is 27.1. The Balaban J connectivity index is 1.68. The minimum atomic E-state index is -1.01. The number of aliphatic hydroxyl groups is 1. The van der Waals surface area contributed by atoms with E-state index in [1.165, 1.54) is 0 Å². The number of likely N-dealkylation sites (N-methyl/N-ethyl adjacent to an activating group) is 1. The minimum Gasteiger partial charge on any atom is -0.396 e. The molecule has 2 unspecified atom stereocenters. The molecule has 3 aliphatic rings. The van der Waals surface area contributed by atoms with E-state index in [0.29, 0.717) is 51.9 Å². The van der Waals surface area contributed by atoms with Gasteiger partial charge in [-0.1, -0.05) is 42.5 Å². The van der Waals surface area contributed by atoms with Gasteiger partial charge in [-0.15, -0.1) is 13.2 Å². The van der Waals surface area contributed by atoms with Crippen LogP contribution < -0.4 is 0 Å². The highest BCUT2D eigenvalue weighted by Gasteiger charge is 2.74. The molecule has 3 heterocycles. The highest BCUT2D eigenvalue weighted by atomic mass is 16.5. The first-order valence-corrected chi connectivity index (χ1v) is 13.3. The van der Waals surface area contributed by atoms with Crippen LogP contribution in [0.1, 0.15) is 37.7 Å². The maximum Gasteiger partial charge on any atom is 0.248 e. The highest BCUT2D eigenvalue weighted by molar-refractivity contribution is 5.99. The molecule has 0 saturated carbocycles. The van der Waals surface area contributed by atoms with Crippen molar-refractivity contribution in [3.05, 3.63) is 61.2 Å². The van der Waals surface area contributed by atoms with Crippen LogP contribution in [-0.4, -0.2) is 88.6 Å². The first-order valence-electron chi connectivity index (χ1n) is 13.3. The van der Waals surface area contributed by atoms with Crippen LogP contribution in [0.15, 0.2) is 55.6 Å². The third-order valence-electron chi connectivity index (χ3n) is 8.03. The molecule has 8 heteroatoms. The molecule has 0 radical (unpaired) electrons. The first-order chi connectivity index (χ1) is 17.9. The Kier molecular flexibility index (Phi) is 8.49. The zero-order chi connectivity index (χ0) is 26.6. The van der Waals surface area contributed by atoms with Crippen LogP contribution in [-0.2, 0) is 25.7 Å². The zero-order valence-electron chi connectivity index (χ0n) is 21.8. The van der Waals surface area contributed by atoms with Crippen molar-refractivity contribution in [2.24, 2.45) is 11.8 Å². The number of hydrogen-bond acceptors (Lipinski definition) is 5. The van der Waals surface area contributed by atoms with Gasteiger partial charge >= 0.3 is 0 Å². The number of benzene rings is 1. The van der Waals surface area contributed by atoms with Gasteiger partial charge in [-0.2, -0.15) is 0 Å². The molecular weight excluding hydrogens is 470 g/mol. The molecule has 3 amide bonds. The Hall–Kier alpha value is -2.97. The van der Waals surface area contributed by atoms with Gasteiger partial charge in [0.05, 0.1) is 17.9 Å². The van der Waals surface area contributed by atoms with Gasteiger partial charge in [0.15, 0.2) is 0 Å². The van der Waals surface area contributed by atoms with Crippen molar-refractivity contribution >= 4 is 17.7 Å². The van der Waals surface area contributed by atoms with Crippen LogP contribution >= 0.6 is 0 Å². The average Bonchev–Trinajstić information content (AvgIpc) is 3.54. The lowest BCUT2D eigenvalue weighted by molar-refractivity contribution is -0.149. The minimum absolute atomic E-state index is 0.0874. The van der Waals surface area contributed by atoms with Crippen molar-refractivity contribution in [2.75, 3.05) is 33.3 Å². The summed E-state index contributed by atoms with van der Waals surface area (Å²) >= 11 is 0. The number of unbranched alkanes of at least 4 members (excludes halogenated alkanes) is 2. The Morgan fingerprint density at radius 2 is 1.86 bits per heavy atom. The molecule has 3 fully saturated rings. The van der Waals surface area contributed by atoms with Gasteiger partial charge in [-0.25, -0.2) is 0 Å².